The van der Waals surface area contributed by atoms with Gasteiger partial charge in [0.2, 0.25) is 0 Å². The average Bonchev–Trinajstić information content (AvgIpc) is 2.40. The van der Waals surface area contributed by atoms with Crippen molar-refractivity contribution in [2.24, 2.45) is 0 Å². The number of aryl methyl sites for hydroxylation is 1. The molecule has 0 radical (unpaired) electrons. The number of nitrogens with zero attached hydrogens (tertiary/aromatic N) is 1. The molecule has 1 aromatic carbocycles. The fourth-order valence-corrected chi connectivity index (χ4v) is 1.96. The first kappa shape index (κ1) is 14.7. The monoisotopic (exact) mass is 303 g/mol. The molecule has 0 N–H and O–H groups in total. The summed E-state index contributed by atoms with van der Waals surface area (Å²) in [6.07, 6.45) is 3.16. The summed E-state index contributed by atoms with van der Waals surface area (Å²) < 4.78 is 2.26. The normalized spacial score (nSPS) is 9.61. The molecule has 2 heteroatoms. The van der Waals surface area contributed by atoms with Crippen molar-refractivity contribution >= 4 is 5.57 Å². The van der Waals surface area contributed by atoms with E-state index < -0.39 is 0 Å². The van der Waals surface area contributed by atoms with Gasteiger partial charge in [0.1, 0.15) is 0 Å². The summed E-state index contributed by atoms with van der Waals surface area (Å²) in [6.45, 7) is 7.21. The number of pyridine rings is 1. The molecule has 0 fully saturated rings. The van der Waals surface area contributed by atoms with Crippen molar-refractivity contribution in [2.75, 3.05) is 0 Å². The van der Waals surface area contributed by atoms with E-state index in [0.717, 1.165) is 18.5 Å². The van der Waals surface area contributed by atoms with Crippen molar-refractivity contribution < 1.29 is 21.5 Å². The Morgan fingerprint density at radius 3 is 2.39 bits per heavy atom. The van der Waals surface area contributed by atoms with Gasteiger partial charge in [-0.3, -0.25) is 0 Å². The molecule has 0 atom stereocenters. The molecule has 1 heterocycles. The number of aromatic nitrogens is 1. The van der Waals surface area contributed by atoms with E-state index in [0.29, 0.717) is 0 Å². The third kappa shape index (κ3) is 3.54. The van der Waals surface area contributed by atoms with E-state index in [9.17, 15) is 0 Å². The lowest BCUT2D eigenvalue weighted by Gasteiger charge is -2.05. The molecule has 2 aromatic rings. The van der Waals surface area contributed by atoms with Gasteiger partial charge in [0.05, 0.1) is 0 Å². The lowest BCUT2D eigenvalue weighted by Crippen LogP contribution is -3.00. The molecule has 0 aliphatic rings. The minimum Gasteiger partial charge on any atom is -1.00 e. The Labute approximate surface area is 120 Å². The van der Waals surface area contributed by atoms with Crippen LogP contribution < -0.4 is 21.5 Å². The fourth-order valence-electron chi connectivity index (χ4n) is 1.96. The van der Waals surface area contributed by atoms with E-state index in [4.69, 9.17) is 0 Å². The van der Waals surface area contributed by atoms with Crippen LogP contribution in [0.25, 0.3) is 5.57 Å². The molecule has 0 spiro atoms. The van der Waals surface area contributed by atoms with Gasteiger partial charge in [-0.05, 0) is 5.56 Å². The van der Waals surface area contributed by atoms with Gasteiger partial charge in [0, 0.05) is 24.1 Å². The Bertz CT molecular complexity index is 506. The Hall–Kier alpha value is -1.41. The van der Waals surface area contributed by atoms with Gasteiger partial charge >= 0.3 is 0 Å². The molecule has 94 valence electrons. The number of rotatable bonds is 4. The third-order valence-corrected chi connectivity index (χ3v) is 2.94. The summed E-state index contributed by atoms with van der Waals surface area (Å²) in [7, 11) is 0. The molecule has 0 saturated heterocycles. The smallest absolute Gasteiger partial charge is 0.181 e. The Morgan fingerprint density at radius 1 is 1.06 bits per heavy atom. The molecular formula is C16H18BrN. The third-order valence-electron chi connectivity index (χ3n) is 2.94. The van der Waals surface area contributed by atoms with Crippen molar-refractivity contribution in [3.63, 3.8) is 0 Å². The van der Waals surface area contributed by atoms with Crippen molar-refractivity contribution in [2.45, 2.75) is 19.9 Å². The first-order valence-electron chi connectivity index (χ1n) is 6.02. The second kappa shape index (κ2) is 7.12. The molecule has 18 heavy (non-hydrogen) atoms. The van der Waals surface area contributed by atoms with Gasteiger partial charge < -0.3 is 17.0 Å². The topological polar surface area (TPSA) is 3.88 Å². The summed E-state index contributed by atoms with van der Waals surface area (Å²) in [5, 5.41) is 0. The molecular weight excluding hydrogens is 286 g/mol. The zero-order chi connectivity index (χ0) is 12.1. The van der Waals surface area contributed by atoms with Gasteiger partial charge in [-0.2, -0.15) is 4.57 Å². The van der Waals surface area contributed by atoms with E-state index in [1.54, 1.807) is 0 Å². The highest BCUT2D eigenvalue weighted by atomic mass is 79.9. The van der Waals surface area contributed by atoms with E-state index in [-0.39, 0.29) is 17.0 Å². The first-order valence-corrected chi connectivity index (χ1v) is 6.02. The highest BCUT2D eigenvalue weighted by Gasteiger charge is 2.09. The standard InChI is InChI=1S/C16H18N.BrH/c1-3-16-11-7-8-12-17(16)13-14(2)15-9-5-4-6-10-15;/h4-12H,2-3,13H2,1H3;1H/q+1;/p-1. The molecule has 0 saturated carbocycles. The number of hydrogen-bond donors (Lipinski definition) is 0. The Kier molecular flexibility index (Phi) is 5.79. The predicted octanol–water partition coefficient (Wildman–Crippen LogP) is 0.254. The molecule has 2 rings (SSSR count). The highest BCUT2D eigenvalue weighted by molar-refractivity contribution is 5.61. The van der Waals surface area contributed by atoms with Gasteiger partial charge in [-0.25, -0.2) is 0 Å². The van der Waals surface area contributed by atoms with E-state index in [1.807, 2.05) is 6.07 Å². The second-order valence-electron chi connectivity index (χ2n) is 4.14. The number of allylic oxidation sites excluding steroid dienone is 1. The second-order valence-corrected chi connectivity index (χ2v) is 4.14. The zero-order valence-corrected chi connectivity index (χ0v) is 12.2. The molecule has 1 aromatic heterocycles. The number of halogens is 1. The maximum Gasteiger partial charge on any atom is 0.181 e. The van der Waals surface area contributed by atoms with Crippen LogP contribution in [0.5, 0.6) is 0 Å². The van der Waals surface area contributed by atoms with Crippen LogP contribution in [0.15, 0.2) is 61.3 Å². The summed E-state index contributed by atoms with van der Waals surface area (Å²) >= 11 is 0. The van der Waals surface area contributed by atoms with Crippen LogP contribution in [0.1, 0.15) is 18.2 Å². The van der Waals surface area contributed by atoms with Crippen LogP contribution >= 0.6 is 0 Å². The van der Waals surface area contributed by atoms with Crippen LogP contribution in [0.3, 0.4) is 0 Å². The Balaban J connectivity index is 0.00000162. The SMILES string of the molecule is C=C(C[n+]1ccccc1CC)c1ccccc1.[Br-]. The van der Waals surface area contributed by atoms with Crippen LogP contribution in [-0.4, -0.2) is 0 Å². The fraction of sp³-hybridized carbons (Fsp3) is 0.188. The van der Waals surface area contributed by atoms with E-state index >= 15 is 0 Å². The first-order chi connectivity index (χ1) is 8.31. The zero-order valence-electron chi connectivity index (χ0n) is 10.6. The lowest BCUT2D eigenvalue weighted by atomic mass is 10.1. The van der Waals surface area contributed by atoms with Crippen molar-refractivity contribution in [1.29, 1.82) is 0 Å². The minimum atomic E-state index is 0. The predicted molar refractivity (Wildman–Crippen MR) is 71.5 cm³/mol. The van der Waals surface area contributed by atoms with E-state index in [1.165, 1.54) is 11.3 Å². The highest BCUT2D eigenvalue weighted by Crippen LogP contribution is 2.11. The molecule has 1 nitrogen and oxygen atoms in total. The molecule has 0 aliphatic carbocycles. The Morgan fingerprint density at radius 2 is 1.72 bits per heavy atom. The maximum atomic E-state index is 4.17. The molecule has 0 unspecified atom stereocenters. The van der Waals surface area contributed by atoms with Crippen molar-refractivity contribution in [3.8, 4) is 0 Å². The summed E-state index contributed by atoms with van der Waals surface area (Å²) in [5.74, 6) is 0. The number of benzene rings is 1. The van der Waals surface area contributed by atoms with Crippen LogP contribution in [0.2, 0.25) is 0 Å². The summed E-state index contributed by atoms with van der Waals surface area (Å²) in [4.78, 5) is 0. The van der Waals surface area contributed by atoms with E-state index in [2.05, 4.69) is 66.7 Å². The molecule has 0 aliphatic heterocycles. The van der Waals surface area contributed by atoms with Gasteiger partial charge in [-0.1, -0.05) is 49.9 Å². The summed E-state index contributed by atoms with van der Waals surface area (Å²) in [5.41, 5.74) is 3.70. The average molecular weight is 304 g/mol. The van der Waals surface area contributed by atoms with Crippen LogP contribution in [0, 0.1) is 0 Å². The van der Waals surface area contributed by atoms with Gasteiger partial charge in [0.25, 0.3) is 0 Å². The van der Waals surface area contributed by atoms with Crippen molar-refractivity contribution in [3.05, 3.63) is 72.6 Å². The largest absolute Gasteiger partial charge is 1.00 e. The van der Waals surface area contributed by atoms with Gasteiger partial charge in [-0.15, -0.1) is 0 Å². The molecule has 0 bridgehead atoms. The number of hydrogen-bond acceptors (Lipinski definition) is 0. The summed E-state index contributed by atoms with van der Waals surface area (Å²) in [6, 6.07) is 16.7. The maximum absolute atomic E-state index is 4.17. The quantitative estimate of drug-likeness (QED) is 0.713. The lowest BCUT2D eigenvalue weighted by molar-refractivity contribution is -0.691. The molecule has 0 amide bonds. The van der Waals surface area contributed by atoms with Gasteiger partial charge in [0.15, 0.2) is 18.4 Å². The van der Waals surface area contributed by atoms with Crippen molar-refractivity contribution in [1.82, 2.24) is 0 Å². The minimum absolute atomic E-state index is 0. The van der Waals surface area contributed by atoms with Crippen LogP contribution in [0.4, 0.5) is 0 Å². The van der Waals surface area contributed by atoms with Crippen LogP contribution in [-0.2, 0) is 13.0 Å².